The van der Waals surface area contributed by atoms with Crippen LogP contribution in [0.15, 0.2) is 60.8 Å². The van der Waals surface area contributed by atoms with Crippen LogP contribution in [0.4, 0.5) is 11.5 Å². The van der Waals surface area contributed by atoms with Gasteiger partial charge in [-0.15, -0.1) is 0 Å². The lowest BCUT2D eigenvalue weighted by Gasteiger charge is -2.34. The zero-order chi connectivity index (χ0) is 28.6. The van der Waals surface area contributed by atoms with E-state index in [1.54, 1.807) is 36.4 Å². The third kappa shape index (κ3) is 6.97. The van der Waals surface area contributed by atoms with E-state index in [1.165, 1.54) is 24.4 Å². The first-order valence-corrected chi connectivity index (χ1v) is 13.9. The molecular formula is C30H34ClN5O4. The van der Waals surface area contributed by atoms with Crippen LogP contribution in [0, 0.1) is 0 Å². The van der Waals surface area contributed by atoms with E-state index < -0.39 is 11.8 Å². The summed E-state index contributed by atoms with van der Waals surface area (Å²) in [5.41, 5.74) is 1.25. The molecule has 1 atom stereocenters. The smallest absolute Gasteiger partial charge is 0.259 e. The Bertz CT molecular complexity index is 1340. The molecule has 1 aliphatic heterocycles. The van der Waals surface area contributed by atoms with Crippen LogP contribution in [0.3, 0.4) is 0 Å². The highest BCUT2D eigenvalue weighted by Crippen LogP contribution is 2.30. The number of likely N-dealkylation sites (tertiary alicyclic amines) is 1. The van der Waals surface area contributed by atoms with Gasteiger partial charge in [-0.05, 0) is 67.9 Å². The van der Waals surface area contributed by atoms with Crippen LogP contribution in [0.2, 0.25) is 5.02 Å². The molecule has 2 aromatic carbocycles. The van der Waals surface area contributed by atoms with E-state index in [9.17, 15) is 19.5 Å². The van der Waals surface area contributed by atoms with Gasteiger partial charge in [0.15, 0.2) is 0 Å². The summed E-state index contributed by atoms with van der Waals surface area (Å²) >= 11 is 5.85. The second kappa shape index (κ2) is 13.4. The SMILES string of the molecule is CCN(CC)CCN1CCCC(c2ccc(C(=O)Nc3c(O)cccc3C(=O)Nc3ccc(Cl)cn3)cc2)C1=O. The number of phenolic OH excluding ortho intramolecular Hbond substituents is 1. The molecular weight excluding hydrogens is 530 g/mol. The Kier molecular flexibility index (Phi) is 9.74. The fraction of sp³-hybridized carbons (Fsp3) is 0.333. The fourth-order valence-corrected chi connectivity index (χ4v) is 4.93. The second-order valence-electron chi connectivity index (χ2n) is 9.64. The molecule has 1 aromatic heterocycles. The molecule has 210 valence electrons. The summed E-state index contributed by atoms with van der Waals surface area (Å²) in [7, 11) is 0. The molecule has 9 nitrogen and oxygen atoms in total. The van der Waals surface area contributed by atoms with Gasteiger partial charge in [0.25, 0.3) is 11.8 Å². The number of amides is 3. The molecule has 0 spiro atoms. The van der Waals surface area contributed by atoms with Crippen molar-refractivity contribution < 1.29 is 19.5 Å². The van der Waals surface area contributed by atoms with Crippen molar-refractivity contribution in [3.8, 4) is 5.75 Å². The summed E-state index contributed by atoms with van der Waals surface area (Å²) in [6, 6.07) is 14.4. The van der Waals surface area contributed by atoms with Gasteiger partial charge in [-0.3, -0.25) is 14.4 Å². The molecule has 3 aromatic rings. The Labute approximate surface area is 239 Å². The number of carbonyl (C=O) groups excluding carboxylic acids is 3. The minimum atomic E-state index is -0.558. The number of benzene rings is 2. The number of phenols is 1. The van der Waals surface area contributed by atoms with E-state index in [4.69, 9.17) is 11.6 Å². The maximum Gasteiger partial charge on any atom is 0.259 e. The van der Waals surface area contributed by atoms with Crippen molar-refractivity contribution in [2.75, 3.05) is 43.4 Å². The van der Waals surface area contributed by atoms with Gasteiger partial charge in [-0.2, -0.15) is 0 Å². The van der Waals surface area contributed by atoms with Gasteiger partial charge >= 0.3 is 0 Å². The highest BCUT2D eigenvalue weighted by atomic mass is 35.5. The van der Waals surface area contributed by atoms with Gasteiger partial charge < -0.3 is 25.5 Å². The summed E-state index contributed by atoms with van der Waals surface area (Å²) in [5.74, 6) is -1.15. The van der Waals surface area contributed by atoms with Gasteiger partial charge in [-0.25, -0.2) is 4.98 Å². The summed E-state index contributed by atoms with van der Waals surface area (Å²) in [5, 5.41) is 16.2. The minimum absolute atomic E-state index is 0.0191. The molecule has 0 saturated carbocycles. The largest absolute Gasteiger partial charge is 0.506 e. The van der Waals surface area contributed by atoms with Gasteiger partial charge in [0.1, 0.15) is 11.6 Å². The number of nitrogens with zero attached hydrogens (tertiary/aromatic N) is 3. The molecule has 1 saturated heterocycles. The van der Waals surface area contributed by atoms with Gasteiger partial charge in [0.2, 0.25) is 5.91 Å². The Morgan fingerprint density at radius 1 is 1.05 bits per heavy atom. The average molecular weight is 564 g/mol. The number of anilines is 2. The quantitative estimate of drug-likeness (QED) is 0.299. The fourth-order valence-electron chi connectivity index (χ4n) is 4.82. The molecule has 1 aliphatic rings. The van der Waals surface area contributed by atoms with Crippen molar-refractivity contribution in [1.29, 1.82) is 0 Å². The molecule has 10 heteroatoms. The van der Waals surface area contributed by atoms with Crippen LogP contribution in [-0.4, -0.2) is 70.3 Å². The Morgan fingerprint density at radius 2 is 1.80 bits per heavy atom. The number of aromatic hydroxyl groups is 1. The monoisotopic (exact) mass is 563 g/mol. The van der Waals surface area contributed by atoms with Crippen molar-refractivity contribution in [2.45, 2.75) is 32.6 Å². The average Bonchev–Trinajstić information content (AvgIpc) is 2.96. The number of carbonyl (C=O) groups is 3. The molecule has 2 heterocycles. The Morgan fingerprint density at radius 3 is 2.48 bits per heavy atom. The number of nitrogens with one attached hydrogen (secondary N) is 2. The summed E-state index contributed by atoms with van der Waals surface area (Å²) in [6.07, 6.45) is 3.10. The second-order valence-corrected chi connectivity index (χ2v) is 10.1. The molecule has 1 unspecified atom stereocenters. The Hall–Kier alpha value is -3.95. The third-order valence-corrected chi connectivity index (χ3v) is 7.40. The lowest BCUT2D eigenvalue weighted by Crippen LogP contribution is -2.44. The zero-order valence-electron chi connectivity index (χ0n) is 22.7. The number of para-hydroxylation sites is 1. The molecule has 0 aliphatic carbocycles. The zero-order valence-corrected chi connectivity index (χ0v) is 23.4. The maximum absolute atomic E-state index is 13.2. The van der Waals surface area contributed by atoms with Crippen molar-refractivity contribution >= 4 is 40.8 Å². The van der Waals surface area contributed by atoms with Crippen LogP contribution in [0.25, 0.3) is 0 Å². The normalized spacial score (nSPS) is 15.2. The lowest BCUT2D eigenvalue weighted by atomic mass is 9.89. The topological polar surface area (TPSA) is 115 Å². The van der Waals surface area contributed by atoms with Crippen molar-refractivity contribution in [3.05, 3.63) is 82.5 Å². The lowest BCUT2D eigenvalue weighted by molar-refractivity contribution is -0.135. The van der Waals surface area contributed by atoms with Crippen LogP contribution in [0.1, 0.15) is 58.9 Å². The summed E-state index contributed by atoms with van der Waals surface area (Å²) < 4.78 is 0. The van der Waals surface area contributed by atoms with Crippen LogP contribution in [-0.2, 0) is 4.79 Å². The number of rotatable bonds is 10. The first-order chi connectivity index (χ1) is 19.3. The highest BCUT2D eigenvalue weighted by molar-refractivity contribution is 6.30. The number of halogens is 1. The number of hydrogen-bond donors (Lipinski definition) is 3. The first-order valence-electron chi connectivity index (χ1n) is 13.5. The molecule has 0 bridgehead atoms. The van der Waals surface area contributed by atoms with Crippen LogP contribution < -0.4 is 10.6 Å². The number of pyridine rings is 1. The van der Waals surface area contributed by atoms with Crippen LogP contribution in [0.5, 0.6) is 5.75 Å². The van der Waals surface area contributed by atoms with E-state index >= 15 is 0 Å². The standard InChI is InChI=1S/C30H34ClN5O4/c1-3-35(4-2)17-18-36-16-6-8-23(30(36)40)20-10-12-21(13-11-20)28(38)34-27-24(7-5-9-25(27)37)29(39)33-26-15-14-22(31)19-32-26/h5,7,9-15,19,23,37H,3-4,6,8,16-18H2,1-2H3,(H,34,38)(H,32,33,39). The highest BCUT2D eigenvalue weighted by Gasteiger charge is 2.30. The predicted molar refractivity (Wildman–Crippen MR) is 156 cm³/mol. The van der Waals surface area contributed by atoms with E-state index in [-0.39, 0.29) is 34.6 Å². The van der Waals surface area contributed by atoms with E-state index in [0.717, 1.165) is 44.6 Å². The molecule has 40 heavy (non-hydrogen) atoms. The van der Waals surface area contributed by atoms with Crippen molar-refractivity contribution in [1.82, 2.24) is 14.8 Å². The summed E-state index contributed by atoms with van der Waals surface area (Å²) in [6.45, 7) is 8.48. The number of hydrogen-bond acceptors (Lipinski definition) is 6. The minimum Gasteiger partial charge on any atom is -0.506 e. The number of likely N-dealkylation sites (N-methyl/N-ethyl adjacent to an activating group) is 1. The van der Waals surface area contributed by atoms with E-state index in [2.05, 4.69) is 34.4 Å². The summed E-state index contributed by atoms with van der Waals surface area (Å²) in [4.78, 5) is 47.5. The van der Waals surface area contributed by atoms with Gasteiger partial charge in [-0.1, -0.05) is 43.6 Å². The Balaban J connectivity index is 1.44. The van der Waals surface area contributed by atoms with E-state index in [1.807, 2.05) is 4.90 Å². The maximum atomic E-state index is 13.2. The molecule has 3 amide bonds. The number of piperidine rings is 1. The first kappa shape index (κ1) is 29.0. The molecule has 0 radical (unpaired) electrons. The molecule has 4 rings (SSSR count). The molecule has 1 fully saturated rings. The van der Waals surface area contributed by atoms with E-state index in [0.29, 0.717) is 17.1 Å². The molecule has 3 N–H and O–H groups in total. The predicted octanol–water partition coefficient (Wildman–Crippen LogP) is 4.99. The van der Waals surface area contributed by atoms with Gasteiger partial charge in [0, 0.05) is 31.4 Å². The van der Waals surface area contributed by atoms with Crippen molar-refractivity contribution in [2.24, 2.45) is 0 Å². The van der Waals surface area contributed by atoms with Crippen molar-refractivity contribution in [3.63, 3.8) is 0 Å². The number of aromatic nitrogens is 1. The van der Waals surface area contributed by atoms with Gasteiger partial charge in [0.05, 0.1) is 22.2 Å². The van der Waals surface area contributed by atoms with Crippen LogP contribution >= 0.6 is 11.6 Å². The third-order valence-electron chi connectivity index (χ3n) is 7.18.